The minimum Gasteiger partial charge on any atom is -0.493 e. The highest BCUT2D eigenvalue weighted by atomic mass is 32.2. The third kappa shape index (κ3) is 10.0. The van der Waals surface area contributed by atoms with Gasteiger partial charge in [0.05, 0.1) is 33.0 Å². The second-order valence-corrected chi connectivity index (χ2v) is 22.0. The lowest BCUT2D eigenvalue weighted by Gasteiger charge is -2.30. The maximum atomic E-state index is 15.0. The van der Waals surface area contributed by atoms with E-state index >= 15 is 4.57 Å². The van der Waals surface area contributed by atoms with Gasteiger partial charge in [-0.3, -0.25) is 23.6 Å². The summed E-state index contributed by atoms with van der Waals surface area (Å²) in [5.74, 6) is 0.727. The summed E-state index contributed by atoms with van der Waals surface area (Å²) in [6.45, 7) is 13.0. The topological polar surface area (TPSA) is 184 Å². The summed E-state index contributed by atoms with van der Waals surface area (Å²) in [7, 11) is -2.90. The van der Waals surface area contributed by atoms with Crippen LogP contribution in [0.15, 0.2) is 48.6 Å². The zero-order valence-electron chi connectivity index (χ0n) is 36.1. The lowest BCUT2D eigenvalue weighted by atomic mass is 9.91. The molecular weight excluding hydrogens is 824 g/mol. The summed E-state index contributed by atoms with van der Waals surface area (Å²) in [6, 6.07) is 5.87. The molecule has 334 valence electrons. The smallest absolute Gasteiger partial charge is 0.270 e. The average Bonchev–Trinajstić information content (AvgIpc) is 3.76. The summed E-state index contributed by atoms with van der Waals surface area (Å²) in [4.78, 5) is 45.1. The van der Waals surface area contributed by atoms with E-state index in [0.29, 0.717) is 66.2 Å². The van der Waals surface area contributed by atoms with Crippen molar-refractivity contribution in [3.8, 4) is 17.2 Å². The number of carbonyl (C=O) groups excluding carboxylic acids is 3. The molecule has 15 nitrogen and oxygen atoms in total. The first-order valence-electron chi connectivity index (χ1n) is 21.1. The van der Waals surface area contributed by atoms with Gasteiger partial charge in [-0.2, -0.15) is 8.42 Å². The summed E-state index contributed by atoms with van der Waals surface area (Å²) in [5, 5.41) is 9.11. The molecule has 5 atom stereocenters. The molecule has 0 radical (unpaired) electrons. The molecule has 0 bridgehead atoms. The van der Waals surface area contributed by atoms with Crippen molar-refractivity contribution in [2.75, 3.05) is 72.9 Å². The van der Waals surface area contributed by atoms with Gasteiger partial charge in [0.1, 0.15) is 11.0 Å². The third-order valence-corrected chi connectivity index (χ3v) is 17.2. The van der Waals surface area contributed by atoms with Gasteiger partial charge >= 0.3 is 0 Å². The third-order valence-electron chi connectivity index (χ3n) is 12.8. The number of ether oxygens (including phenoxy) is 3. The standard InChI is InChI=1S/C44H61N4O11PS/c1-8-9-10-42(50)45(5)11-12-46(6)60(53,16-14-59-40-22-31-19-30(4)36-17-28(2)25-47(36)44(52)35(31)24-39(40)57-7)15-13-58-38-21-32-23-41(61(54,55)56)37-18-29(3)26-48(37)43(51)34(32)20-33(38)27-49/h20-22,24,30,36-37,41,49H,2-3,8-19,23,25-27H2,1,4-7H3,(H,54,55,56)/t30?,36-,37+,41?,60?/m1/s1. The first-order valence-corrected chi connectivity index (χ1v) is 24.6. The van der Waals surface area contributed by atoms with Crippen molar-refractivity contribution in [3.05, 3.63) is 76.4 Å². The van der Waals surface area contributed by atoms with Gasteiger partial charge in [-0.15, -0.1) is 0 Å². The number of nitrogens with zero attached hydrogens (tertiary/aromatic N) is 4. The number of likely N-dealkylation sites (N-methyl/N-ethyl adjacent to an activating group) is 2. The van der Waals surface area contributed by atoms with Crippen LogP contribution in [0.3, 0.4) is 0 Å². The van der Waals surface area contributed by atoms with Gasteiger partial charge in [-0.1, -0.05) is 44.6 Å². The van der Waals surface area contributed by atoms with Crippen LogP contribution in [0.25, 0.3) is 0 Å². The number of aliphatic hydroxyl groups excluding tert-OH is 1. The van der Waals surface area contributed by atoms with Crippen molar-refractivity contribution in [1.29, 1.82) is 0 Å². The van der Waals surface area contributed by atoms with Crippen LogP contribution in [0.4, 0.5) is 0 Å². The Morgan fingerprint density at radius 2 is 1.44 bits per heavy atom. The van der Waals surface area contributed by atoms with E-state index < -0.39 is 41.2 Å². The van der Waals surface area contributed by atoms with E-state index in [9.17, 15) is 32.5 Å². The lowest BCUT2D eigenvalue weighted by Crippen LogP contribution is -2.44. The molecule has 0 saturated carbocycles. The minimum atomic E-state index is -4.57. The SMILES string of the molecule is C=C1C[C@@H]2C(C)Cc3cc(OCCP(=O)(CCOc4cc5c(cc4CO)C(=O)N4CC(=C)C[C@H]4C(S(=O)(=O)O)C5)N(C)CCN(C)C(=O)CCCC)c(OC)cc3C(=O)N2C1. The van der Waals surface area contributed by atoms with Crippen molar-refractivity contribution in [2.24, 2.45) is 5.92 Å². The van der Waals surface area contributed by atoms with Crippen LogP contribution < -0.4 is 14.2 Å². The van der Waals surface area contributed by atoms with Crippen molar-refractivity contribution in [1.82, 2.24) is 19.4 Å². The largest absolute Gasteiger partial charge is 0.493 e. The van der Waals surface area contributed by atoms with Gasteiger partial charge in [0, 0.05) is 74.7 Å². The fraction of sp³-hybridized carbons (Fsp3) is 0.568. The first kappa shape index (κ1) is 46.3. The highest BCUT2D eigenvalue weighted by Gasteiger charge is 2.46. The maximum Gasteiger partial charge on any atom is 0.270 e. The molecule has 2 fully saturated rings. The van der Waals surface area contributed by atoms with Crippen molar-refractivity contribution >= 4 is 35.1 Å². The Bertz CT molecular complexity index is 2210. The molecule has 2 saturated heterocycles. The molecule has 0 aromatic heterocycles. The number of methoxy groups -OCH3 is 1. The summed E-state index contributed by atoms with van der Waals surface area (Å²) in [5.41, 5.74) is 4.00. The Kier molecular flexibility index (Phi) is 14.4. The van der Waals surface area contributed by atoms with Crippen LogP contribution in [0.5, 0.6) is 17.2 Å². The molecule has 0 aliphatic carbocycles. The fourth-order valence-electron chi connectivity index (χ4n) is 9.10. The number of fused-ring (bicyclic) bond motifs is 4. The average molecular weight is 885 g/mol. The van der Waals surface area contributed by atoms with Crippen molar-refractivity contribution < 1.29 is 51.2 Å². The van der Waals surface area contributed by atoms with Crippen molar-refractivity contribution in [3.63, 3.8) is 0 Å². The van der Waals surface area contributed by atoms with Crippen molar-refractivity contribution in [2.45, 2.75) is 82.7 Å². The van der Waals surface area contributed by atoms with Gasteiger partial charge in [-0.05, 0) is 80.5 Å². The summed E-state index contributed by atoms with van der Waals surface area (Å²) >= 11 is 0. The number of amides is 3. The number of hydrogen-bond donors (Lipinski definition) is 2. The Labute approximate surface area is 359 Å². The van der Waals surface area contributed by atoms with Gasteiger partial charge < -0.3 is 38.6 Å². The van der Waals surface area contributed by atoms with E-state index in [1.54, 1.807) is 29.7 Å². The summed E-state index contributed by atoms with van der Waals surface area (Å²) < 4.78 is 70.5. The normalized spacial score (nSPS) is 22.2. The molecule has 2 aromatic carbocycles. The van der Waals surface area contributed by atoms with Gasteiger partial charge in [-0.25, -0.2) is 0 Å². The predicted octanol–water partition coefficient (Wildman–Crippen LogP) is 5.05. The fourth-order valence-corrected chi connectivity index (χ4v) is 12.2. The zero-order chi connectivity index (χ0) is 44.4. The molecule has 2 aromatic rings. The van der Waals surface area contributed by atoms with Crippen LogP contribution in [0.2, 0.25) is 0 Å². The Morgan fingerprint density at radius 3 is 2.05 bits per heavy atom. The highest BCUT2D eigenvalue weighted by molar-refractivity contribution is 7.86. The first-order chi connectivity index (χ1) is 28.9. The molecule has 4 aliphatic rings. The number of carbonyl (C=O) groups is 3. The van der Waals surface area contributed by atoms with E-state index in [0.717, 1.165) is 30.4 Å². The molecule has 4 heterocycles. The van der Waals surface area contributed by atoms with E-state index in [4.69, 9.17) is 14.2 Å². The number of unbranched alkanes of at least 4 members (excludes halogenated alkanes) is 1. The number of hydrogen-bond acceptors (Lipinski definition) is 10. The zero-order valence-corrected chi connectivity index (χ0v) is 37.8. The second-order valence-electron chi connectivity index (χ2n) is 17.1. The molecule has 2 N–H and O–H groups in total. The molecule has 61 heavy (non-hydrogen) atoms. The van der Waals surface area contributed by atoms with Crippen LogP contribution in [-0.2, 0) is 38.9 Å². The van der Waals surface area contributed by atoms with E-state index in [2.05, 4.69) is 20.1 Å². The summed E-state index contributed by atoms with van der Waals surface area (Å²) in [6.07, 6.45) is 3.75. The Morgan fingerprint density at radius 1 is 0.869 bits per heavy atom. The predicted molar refractivity (Wildman–Crippen MR) is 233 cm³/mol. The van der Waals surface area contributed by atoms with Gasteiger partial charge in [0.15, 0.2) is 18.8 Å². The maximum absolute atomic E-state index is 15.0. The van der Waals surface area contributed by atoms with Crippen LogP contribution in [0, 0.1) is 5.92 Å². The Balaban J connectivity index is 1.21. The van der Waals surface area contributed by atoms with Gasteiger partial charge in [0.2, 0.25) is 5.91 Å². The number of benzene rings is 2. The molecule has 17 heteroatoms. The highest BCUT2D eigenvalue weighted by Crippen LogP contribution is 2.49. The molecule has 0 spiro atoms. The van der Waals surface area contributed by atoms with Crippen LogP contribution in [-0.4, -0.2) is 145 Å². The molecule has 3 amide bonds. The molecule has 4 aliphatic heterocycles. The van der Waals surface area contributed by atoms with E-state index in [1.807, 2.05) is 17.9 Å². The van der Waals surface area contributed by atoms with E-state index in [-0.39, 0.29) is 80.0 Å². The molecule has 6 rings (SSSR count). The van der Waals surface area contributed by atoms with Crippen LogP contribution >= 0.6 is 7.29 Å². The number of aliphatic hydroxyl groups is 1. The van der Waals surface area contributed by atoms with E-state index in [1.165, 1.54) is 24.1 Å². The lowest BCUT2D eigenvalue weighted by molar-refractivity contribution is -0.130. The Hall–Kier alpha value is -4.21. The number of rotatable bonds is 18. The molecule has 3 unspecified atom stereocenters. The van der Waals surface area contributed by atoms with Gasteiger partial charge in [0.25, 0.3) is 21.9 Å². The second kappa shape index (κ2) is 19.0. The minimum absolute atomic E-state index is 0.00467. The quantitative estimate of drug-likeness (QED) is 0.116. The van der Waals surface area contributed by atoms with Crippen LogP contribution in [0.1, 0.15) is 83.4 Å². The monoisotopic (exact) mass is 884 g/mol. The molecular formula is C44H61N4O11PS.